The normalized spacial score (nSPS) is 24.4. The number of nitrogens with one attached hydrogen (secondary N) is 4. The number of rotatable bonds is 12. The van der Waals surface area contributed by atoms with Crippen LogP contribution in [0.2, 0.25) is 0 Å². The molecule has 0 spiro atoms. The van der Waals surface area contributed by atoms with Gasteiger partial charge in [0.15, 0.2) is 0 Å². The highest BCUT2D eigenvalue weighted by Gasteiger charge is 2.52. The number of hydrogen-bond donors (Lipinski definition) is 4. The van der Waals surface area contributed by atoms with Crippen molar-refractivity contribution in [2.24, 2.45) is 29.1 Å². The Kier molecular flexibility index (Phi) is 11.5. The summed E-state index contributed by atoms with van der Waals surface area (Å²) in [5, 5.41) is 11.6. The van der Waals surface area contributed by atoms with Crippen molar-refractivity contribution in [3.8, 4) is 0 Å². The number of carbonyl (C=O) groups is 6. The van der Waals surface area contributed by atoms with Crippen LogP contribution >= 0.6 is 0 Å². The molecule has 4 aliphatic rings. The number of fused-ring (bicyclic) bond motifs is 2. The second-order valence-electron chi connectivity index (χ2n) is 15.2. The number of carbonyl (C=O) groups excluding carboxylic acids is 6. The molecule has 13 heteroatoms. The zero-order valence-corrected chi connectivity index (χ0v) is 29.1. The fourth-order valence-corrected chi connectivity index (χ4v) is 7.41. The van der Waals surface area contributed by atoms with Gasteiger partial charge in [0.2, 0.25) is 17.7 Å². The lowest BCUT2D eigenvalue weighted by Crippen LogP contribution is -2.62. The molecule has 4 aliphatic carbocycles. The first-order valence-corrected chi connectivity index (χ1v) is 17.9. The maximum Gasteiger partial charge on any atom is 0.318 e. The summed E-state index contributed by atoms with van der Waals surface area (Å²) in [5.41, 5.74) is -0.638. The number of hydrogen-bond acceptors (Lipinski definition) is 8. The molecule has 266 valence electrons. The van der Waals surface area contributed by atoms with Gasteiger partial charge in [-0.25, -0.2) is 4.98 Å². The SMILES string of the molecule is CCCCN(C(=O)C(=O)NC1CC1)C(=O)C1C2C=CC(C2)C1NC(=O)C(NC(=O)C(NC(=O)c1cnccn1)C1CCCCC1)C(C)(C)C. The van der Waals surface area contributed by atoms with Crippen LogP contribution in [-0.2, 0) is 24.0 Å². The Morgan fingerprint density at radius 3 is 2.24 bits per heavy atom. The zero-order valence-electron chi connectivity index (χ0n) is 29.1. The van der Waals surface area contributed by atoms with Crippen molar-refractivity contribution in [2.45, 2.75) is 116 Å². The Balaban J connectivity index is 1.33. The van der Waals surface area contributed by atoms with Gasteiger partial charge in [-0.1, -0.05) is 65.5 Å². The largest absolute Gasteiger partial charge is 0.350 e. The van der Waals surface area contributed by atoms with Gasteiger partial charge < -0.3 is 21.3 Å². The van der Waals surface area contributed by atoms with Crippen LogP contribution in [0, 0.1) is 29.1 Å². The van der Waals surface area contributed by atoms with Crippen LogP contribution in [0.1, 0.15) is 102 Å². The topological polar surface area (TPSA) is 180 Å². The van der Waals surface area contributed by atoms with E-state index < -0.39 is 64.9 Å². The molecule has 49 heavy (non-hydrogen) atoms. The molecule has 0 saturated heterocycles. The number of aromatic nitrogens is 2. The van der Waals surface area contributed by atoms with E-state index in [9.17, 15) is 28.8 Å². The van der Waals surface area contributed by atoms with E-state index in [-0.39, 0.29) is 36.0 Å². The number of imide groups is 1. The summed E-state index contributed by atoms with van der Waals surface area (Å²) in [6.45, 7) is 7.60. The third-order valence-electron chi connectivity index (χ3n) is 10.3. The summed E-state index contributed by atoms with van der Waals surface area (Å²) in [6.07, 6.45) is 16.2. The highest BCUT2D eigenvalue weighted by Crippen LogP contribution is 2.45. The molecule has 2 bridgehead atoms. The Morgan fingerprint density at radius 1 is 0.898 bits per heavy atom. The van der Waals surface area contributed by atoms with Crippen LogP contribution in [0.25, 0.3) is 0 Å². The van der Waals surface area contributed by atoms with E-state index in [0.717, 1.165) is 56.3 Å². The first kappa shape index (κ1) is 36.1. The van der Waals surface area contributed by atoms with Gasteiger partial charge >= 0.3 is 11.8 Å². The zero-order chi connectivity index (χ0) is 35.3. The fraction of sp³-hybridized carbons (Fsp3) is 0.667. The summed E-state index contributed by atoms with van der Waals surface area (Å²) in [6, 6.07) is -2.53. The van der Waals surface area contributed by atoms with Crippen LogP contribution < -0.4 is 21.3 Å². The molecule has 0 radical (unpaired) electrons. The quantitative estimate of drug-likeness (QED) is 0.192. The smallest absolute Gasteiger partial charge is 0.318 e. The molecule has 1 heterocycles. The molecule has 6 atom stereocenters. The lowest BCUT2D eigenvalue weighted by molar-refractivity contribution is -0.155. The van der Waals surface area contributed by atoms with Crippen LogP contribution in [-0.4, -0.2) is 81.0 Å². The summed E-state index contributed by atoms with van der Waals surface area (Å²) in [5.74, 6) is -4.70. The molecule has 1 aromatic heterocycles. The summed E-state index contributed by atoms with van der Waals surface area (Å²) >= 11 is 0. The second-order valence-corrected chi connectivity index (χ2v) is 15.2. The van der Waals surface area contributed by atoms with Crippen LogP contribution in [0.3, 0.4) is 0 Å². The highest BCUT2D eigenvalue weighted by atomic mass is 16.2. The predicted molar refractivity (Wildman–Crippen MR) is 180 cm³/mol. The third-order valence-corrected chi connectivity index (χ3v) is 10.3. The maximum atomic E-state index is 14.2. The van der Waals surface area contributed by atoms with Crippen LogP contribution in [0.4, 0.5) is 0 Å². The van der Waals surface area contributed by atoms with Crippen molar-refractivity contribution in [3.63, 3.8) is 0 Å². The minimum absolute atomic E-state index is 0.0281. The molecule has 6 unspecified atom stereocenters. The number of allylic oxidation sites excluding steroid dienone is 1. The molecule has 1 aromatic rings. The Bertz CT molecular complexity index is 1430. The molecule has 3 fully saturated rings. The third kappa shape index (κ3) is 8.72. The lowest BCUT2D eigenvalue weighted by Gasteiger charge is -2.37. The molecule has 6 amide bonds. The van der Waals surface area contributed by atoms with Gasteiger partial charge in [0.1, 0.15) is 17.8 Å². The average molecular weight is 678 g/mol. The predicted octanol–water partition coefficient (Wildman–Crippen LogP) is 2.43. The minimum Gasteiger partial charge on any atom is -0.350 e. The van der Waals surface area contributed by atoms with Crippen molar-refractivity contribution in [1.29, 1.82) is 0 Å². The van der Waals surface area contributed by atoms with E-state index in [1.54, 1.807) is 0 Å². The molecule has 5 rings (SSSR count). The Morgan fingerprint density at radius 2 is 1.61 bits per heavy atom. The molecule has 3 saturated carbocycles. The van der Waals surface area contributed by atoms with Crippen molar-refractivity contribution in [1.82, 2.24) is 36.1 Å². The second kappa shape index (κ2) is 15.6. The van der Waals surface area contributed by atoms with E-state index >= 15 is 0 Å². The average Bonchev–Trinajstić information content (AvgIpc) is 3.67. The molecular weight excluding hydrogens is 626 g/mol. The molecular formula is C36H51N7O6. The van der Waals surface area contributed by atoms with Gasteiger partial charge in [-0.15, -0.1) is 0 Å². The molecule has 0 aromatic carbocycles. The standard InChI is InChI=1S/C36H51N7O6/c1-5-6-18-43(35(49)33(47)39-24-14-15-24)34(48)26-22-12-13-23(19-22)27(26)40-32(46)29(36(2,3)4)42-31(45)28(21-10-8-7-9-11-21)41-30(44)25-20-37-16-17-38-25/h12-13,16-17,20-24,26-29H,5-11,14-15,18-19H2,1-4H3,(H,39,47)(H,40,46)(H,41,44)(H,42,45). The molecule has 0 aliphatic heterocycles. The monoisotopic (exact) mass is 677 g/mol. The first-order chi connectivity index (χ1) is 23.4. The van der Waals surface area contributed by atoms with Crippen LogP contribution in [0.15, 0.2) is 30.7 Å². The summed E-state index contributed by atoms with van der Waals surface area (Å²) < 4.78 is 0. The summed E-state index contributed by atoms with van der Waals surface area (Å²) in [4.78, 5) is 90.6. The van der Waals surface area contributed by atoms with Gasteiger partial charge in [0, 0.05) is 31.0 Å². The Labute approximate surface area is 288 Å². The number of amides is 6. The van der Waals surface area contributed by atoms with Gasteiger partial charge in [0.05, 0.1) is 12.1 Å². The van der Waals surface area contributed by atoms with Crippen molar-refractivity contribution < 1.29 is 28.8 Å². The van der Waals surface area contributed by atoms with Gasteiger partial charge in [-0.3, -0.25) is 38.7 Å². The van der Waals surface area contributed by atoms with Gasteiger partial charge in [-0.05, 0) is 61.7 Å². The van der Waals surface area contributed by atoms with Crippen molar-refractivity contribution >= 4 is 35.4 Å². The van der Waals surface area contributed by atoms with E-state index in [0.29, 0.717) is 12.8 Å². The van der Waals surface area contributed by atoms with E-state index in [2.05, 4.69) is 31.2 Å². The van der Waals surface area contributed by atoms with Crippen LogP contribution in [0.5, 0.6) is 0 Å². The molecule has 13 nitrogen and oxygen atoms in total. The van der Waals surface area contributed by atoms with E-state index in [1.807, 2.05) is 39.8 Å². The lowest BCUT2D eigenvalue weighted by atomic mass is 9.81. The van der Waals surface area contributed by atoms with E-state index in [1.165, 1.54) is 18.6 Å². The van der Waals surface area contributed by atoms with E-state index in [4.69, 9.17) is 0 Å². The minimum atomic E-state index is -1.000. The Hall–Kier alpha value is -4.16. The van der Waals surface area contributed by atoms with Gasteiger partial charge in [-0.2, -0.15) is 0 Å². The number of unbranched alkanes of at least 4 members (excludes halogenated alkanes) is 1. The molecule has 4 N–H and O–H groups in total. The highest BCUT2D eigenvalue weighted by molar-refractivity contribution is 6.37. The fourth-order valence-electron chi connectivity index (χ4n) is 7.41. The van der Waals surface area contributed by atoms with Crippen molar-refractivity contribution in [3.05, 3.63) is 36.4 Å². The number of nitrogens with zero attached hydrogens (tertiary/aromatic N) is 3. The van der Waals surface area contributed by atoms with Gasteiger partial charge in [0.25, 0.3) is 5.91 Å². The summed E-state index contributed by atoms with van der Waals surface area (Å²) in [7, 11) is 0. The first-order valence-electron chi connectivity index (χ1n) is 17.9. The van der Waals surface area contributed by atoms with Crippen molar-refractivity contribution in [2.75, 3.05) is 6.54 Å². The maximum absolute atomic E-state index is 14.2.